The van der Waals surface area contributed by atoms with Crippen molar-refractivity contribution in [2.45, 2.75) is 100 Å². The summed E-state index contributed by atoms with van der Waals surface area (Å²) in [5, 5.41) is 4.86. The maximum atomic E-state index is 13.4. The molecule has 1 heterocycles. The number of carbonyl (C=O) groups excluding carboxylic acids is 1. The van der Waals surface area contributed by atoms with Gasteiger partial charge in [-0.1, -0.05) is 93.0 Å². The Morgan fingerprint density at radius 3 is 2.19 bits per heavy atom. The van der Waals surface area contributed by atoms with Gasteiger partial charge in [-0.15, -0.1) is 0 Å². The average Bonchev–Trinajstić information content (AvgIpc) is 3.28. The summed E-state index contributed by atoms with van der Waals surface area (Å²) in [7, 11) is 0. The zero-order valence-electron chi connectivity index (χ0n) is 24.4. The first-order valence-corrected chi connectivity index (χ1v) is 14.1. The number of rotatable bonds is 13. The molecule has 0 N–H and O–H groups in total. The Bertz CT molecular complexity index is 968. The van der Waals surface area contributed by atoms with Crippen LogP contribution in [0.2, 0.25) is 0 Å². The van der Waals surface area contributed by atoms with Gasteiger partial charge in [-0.05, 0) is 67.4 Å². The van der Waals surface area contributed by atoms with E-state index in [1.807, 2.05) is 21.7 Å². The lowest BCUT2D eigenvalue weighted by molar-refractivity contribution is 0.0742. The number of nitrogens with zero attached hydrogens (tertiary/aromatic N) is 3. The van der Waals surface area contributed by atoms with Crippen molar-refractivity contribution in [3.63, 3.8) is 0 Å². The molecule has 0 atom stereocenters. The Labute approximate surface area is 221 Å². The summed E-state index contributed by atoms with van der Waals surface area (Å²) >= 11 is 0. The Kier molecular flexibility index (Phi) is 14.8. The molecule has 2 aromatic rings. The van der Waals surface area contributed by atoms with Crippen molar-refractivity contribution in [1.82, 2.24) is 14.7 Å². The van der Waals surface area contributed by atoms with Gasteiger partial charge in [0.1, 0.15) is 0 Å². The molecule has 1 amide bonds. The SMILES string of the molecule is C=C/C=C(/c1ccc(CC)c(CC)c1)n1nc(C(=O)N(CCC)CCC(C)C)cc1CCC.CCC. The molecule has 0 aliphatic heterocycles. The quantitative estimate of drug-likeness (QED) is 0.263. The van der Waals surface area contributed by atoms with Crippen molar-refractivity contribution in [3.05, 3.63) is 71.1 Å². The van der Waals surface area contributed by atoms with Crippen LogP contribution in [0, 0.1) is 5.92 Å². The monoisotopic (exact) mass is 493 g/mol. The molecule has 0 saturated carbocycles. The van der Waals surface area contributed by atoms with Gasteiger partial charge < -0.3 is 4.90 Å². The molecule has 0 aliphatic carbocycles. The van der Waals surface area contributed by atoms with Crippen molar-refractivity contribution in [3.8, 4) is 0 Å². The van der Waals surface area contributed by atoms with Gasteiger partial charge >= 0.3 is 0 Å². The number of aryl methyl sites for hydroxylation is 3. The molecule has 2 rings (SSSR count). The van der Waals surface area contributed by atoms with E-state index in [2.05, 4.69) is 80.2 Å². The largest absolute Gasteiger partial charge is 0.337 e. The minimum absolute atomic E-state index is 0.0298. The first-order valence-electron chi connectivity index (χ1n) is 14.1. The number of amides is 1. The van der Waals surface area contributed by atoms with E-state index >= 15 is 0 Å². The second kappa shape index (κ2) is 16.9. The van der Waals surface area contributed by atoms with Gasteiger partial charge in [-0.25, -0.2) is 4.68 Å². The third-order valence-electron chi connectivity index (χ3n) is 6.03. The Hall–Kier alpha value is -2.62. The molecule has 4 nitrogen and oxygen atoms in total. The summed E-state index contributed by atoms with van der Waals surface area (Å²) in [6.07, 6.45) is 10.9. The average molecular weight is 494 g/mol. The molecule has 0 aliphatic rings. The van der Waals surface area contributed by atoms with Gasteiger partial charge in [0, 0.05) is 24.3 Å². The number of hydrogen-bond acceptors (Lipinski definition) is 2. The highest BCUT2D eigenvalue weighted by Gasteiger charge is 2.22. The smallest absolute Gasteiger partial charge is 0.274 e. The highest BCUT2D eigenvalue weighted by molar-refractivity contribution is 5.92. The van der Waals surface area contributed by atoms with E-state index in [4.69, 9.17) is 5.10 Å². The highest BCUT2D eigenvalue weighted by Crippen LogP contribution is 2.25. The maximum Gasteiger partial charge on any atom is 0.274 e. The Morgan fingerprint density at radius 2 is 1.67 bits per heavy atom. The van der Waals surface area contributed by atoms with Crippen molar-refractivity contribution in [2.75, 3.05) is 13.1 Å². The standard InChI is InChI=1S/C29H43N3O.C3H8/c1-8-13-26-21-27(29(33)31(18-10-3)19-17-22(6)7)30-32(26)28(14-9-2)25-16-15-23(11-4)24(12-5)20-25;1-3-2/h9,14-16,20-22H,2,8,10-13,17-19H2,1,3-7H3;3H2,1-2H3/b28-14-;. The number of aromatic nitrogens is 2. The van der Waals surface area contributed by atoms with E-state index in [0.717, 1.165) is 68.6 Å². The van der Waals surface area contributed by atoms with Gasteiger partial charge in [0.2, 0.25) is 0 Å². The molecule has 0 fully saturated rings. The number of benzene rings is 1. The second-order valence-electron chi connectivity index (χ2n) is 9.84. The van der Waals surface area contributed by atoms with Gasteiger partial charge in [-0.2, -0.15) is 5.10 Å². The molecule has 0 saturated heterocycles. The molecule has 1 aromatic heterocycles. The number of hydrogen-bond donors (Lipinski definition) is 0. The minimum atomic E-state index is 0.0298. The molecule has 0 bridgehead atoms. The summed E-state index contributed by atoms with van der Waals surface area (Å²) in [6.45, 7) is 22.8. The van der Waals surface area contributed by atoms with Crippen LogP contribution < -0.4 is 0 Å². The fourth-order valence-corrected chi connectivity index (χ4v) is 4.19. The molecule has 0 unspecified atom stereocenters. The zero-order valence-corrected chi connectivity index (χ0v) is 24.4. The van der Waals surface area contributed by atoms with Crippen molar-refractivity contribution >= 4 is 11.6 Å². The van der Waals surface area contributed by atoms with Crippen LogP contribution in [0.3, 0.4) is 0 Å². The molecule has 36 heavy (non-hydrogen) atoms. The zero-order chi connectivity index (χ0) is 27.1. The minimum Gasteiger partial charge on any atom is -0.337 e. The molecule has 0 radical (unpaired) electrons. The molecule has 0 spiro atoms. The highest BCUT2D eigenvalue weighted by atomic mass is 16.2. The lowest BCUT2D eigenvalue weighted by Crippen LogP contribution is -2.33. The summed E-state index contributed by atoms with van der Waals surface area (Å²) in [5.74, 6) is 0.591. The van der Waals surface area contributed by atoms with Crippen LogP contribution in [0.5, 0.6) is 0 Å². The predicted octanol–water partition coefficient (Wildman–Crippen LogP) is 8.35. The van der Waals surface area contributed by atoms with Crippen LogP contribution in [-0.4, -0.2) is 33.7 Å². The molecule has 200 valence electrons. The normalized spacial score (nSPS) is 11.3. The fourth-order valence-electron chi connectivity index (χ4n) is 4.19. The second-order valence-corrected chi connectivity index (χ2v) is 9.84. The topological polar surface area (TPSA) is 38.1 Å². The number of carbonyl (C=O) groups is 1. The van der Waals surface area contributed by atoms with E-state index in [-0.39, 0.29) is 5.91 Å². The van der Waals surface area contributed by atoms with Gasteiger partial charge in [0.15, 0.2) is 5.69 Å². The van der Waals surface area contributed by atoms with Crippen LogP contribution in [0.25, 0.3) is 5.70 Å². The van der Waals surface area contributed by atoms with Gasteiger partial charge in [-0.3, -0.25) is 4.79 Å². The van der Waals surface area contributed by atoms with Crippen LogP contribution in [0.15, 0.2) is 43.0 Å². The van der Waals surface area contributed by atoms with Crippen LogP contribution >= 0.6 is 0 Å². The Morgan fingerprint density at radius 1 is 1.00 bits per heavy atom. The first-order chi connectivity index (χ1) is 17.3. The summed E-state index contributed by atoms with van der Waals surface area (Å²) in [6, 6.07) is 8.63. The maximum absolute atomic E-state index is 13.4. The van der Waals surface area contributed by atoms with Gasteiger partial charge in [0.05, 0.1) is 5.70 Å². The third-order valence-corrected chi connectivity index (χ3v) is 6.03. The van der Waals surface area contributed by atoms with Gasteiger partial charge in [0.25, 0.3) is 5.91 Å². The van der Waals surface area contributed by atoms with Crippen LogP contribution in [-0.2, 0) is 19.3 Å². The van der Waals surface area contributed by atoms with Crippen molar-refractivity contribution < 1.29 is 4.79 Å². The van der Waals surface area contributed by atoms with E-state index in [0.29, 0.717) is 11.6 Å². The Balaban J connectivity index is 0.00000205. The number of allylic oxidation sites excluding steroid dienone is 2. The van der Waals surface area contributed by atoms with E-state index < -0.39 is 0 Å². The molecular weight excluding hydrogens is 442 g/mol. The summed E-state index contributed by atoms with van der Waals surface area (Å²) in [4.78, 5) is 15.4. The van der Waals surface area contributed by atoms with Crippen molar-refractivity contribution in [1.29, 1.82) is 0 Å². The molecule has 1 aromatic carbocycles. The molecule has 4 heteroatoms. The predicted molar refractivity (Wildman–Crippen MR) is 157 cm³/mol. The summed E-state index contributed by atoms with van der Waals surface area (Å²) < 4.78 is 1.96. The third kappa shape index (κ3) is 9.11. The van der Waals surface area contributed by atoms with Crippen molar-refractivity contribution in [2.24, 2.45) is 5.92 Å². The van der Waals surface area contributed by atoms with E-state index in [1.165, 1.54) is 17.5 Å². The molecular formula is C32H51N3O. The van der Waals surface area contributed by atoms with Crippen LogP contribution in [0.4, 0.5) is 0 Å². The lowest BCUT2D eigenvalue weighted by Gasteiger charge is -2.22. The first kappa shape index (κ1) is 31.4. The van der Waals surface area contributed by atoms with E-state index in [1.54, 1.807) is 6.08 Å². The lowest BCUT2D eigenvalue weighted by atomic mass is 9.98. The fraction of sp³-hybridized carbons (Fsp3) is 0.562. The van der Waals surface area contributed by atoms with Crippen LogP contribution in [0.1, 0.15) is 114 Å². The summed E-state index contributed by atoms with van der Waals surface area (Å²) in [5.41, 5.74) is 6.40. The van der Waals surface area contributed by atoms with E-state index in [9.17, 15) is 4.79 Å².